The van der Waals surface area contributed by atoms with Gasteiger partial charge in [0.15, 0.2) is 0 Å². The Labute approximate surface area is 137 Å². The molecule has 0 bridgehead atoms. The zero-order valence-electron chi connectivity index (χ0n) is 15.3. The molecule has 0 saturated heterocycles. The summed E-state index contributed by atoms with van der Waals surface area (Å²) in [6.45, 7) is 18.9. The number of nitrogens with zero attached hydrogens (tertiary/aromatic N) is 1. The van der Waals surface area contributed by atoms with E-state index in [1.54, 1.807) is 0 Å². The highest BCUT2D eigenvalue weighted by Crippen LogP contribution is 2.04. The Morgan fingerprint density at radius 1 is 0.500 bits per heavy atom. The maximum atomic E-state index is 5.67. The first-order valence-electron chi connectivity index (χ1n) is 8.90. The van der Waals surface area contributed by atoms with Crippen molar-refractivity contribution in [1.29, 1.82) is 0 Å². The fourth-order valence-corrected chi connectivity index (χ4v) is 2.31. The van der Waals surface area contributed by atoms with E-state index in [4.69, 9.17) is 18.9 Å². The van der Waals surface area contributed by atoms with Crippen molar-refractivity contribution in [2.75, 3.05) is 79.0 Å². The molecule has 0 rings (SSSR count). The highest BCUT2D eigenvalue weighted by molar-refractivity contribution is 4.39. The smallest absolute Gasteiger partial charge is 0.102 e. The average molecular weight is 320 g/mol. The number of hydrogen-bond donors (Lipinski definition) is 0. The molecule has 5 nitrogen and oxygen atoms in total. The molecule has 0 fully saturated rings. The molecule has 0 saturated carbocycles. The Kier molecular flexibility index (Phi) is 15.5. The Bertz CT molecular complexity index is 214. The summed E-state index contributed by atoms with van der Waals surface area (Å²) in [5, 5.41) is 0. The summed E-state index contributed by atoms with van der Waals surface area (Å²) < 4.78 is 23.0. The largest absolute Gasteiger partial charge is 0.379 e. The molecular formula is C17H38NO4+. The molecule has 0 aliphatic heterocycles. The van der Waals surface area contributed by atoms with E-state index in [1.165, 1.54) is 19.6 Å². The van der Waals surface area contributed by atoms with E-state index in [1.807, 2.05) is 0 Å². The summed E-state index contributed by atoms with van der Waals surface area (Å²) in [5.74, 6) is 0. The van der Waals surface area contributed by atoms with E-state index in [-0.39, 0.29) is 0 Å². The van der Waals surface area contributed by atoms with Crippen LogP contribution < -0.4 is 0 Å². The van der Waals surface area contributed by atoms with Gasteiger partial charge < -0.3 is 23.4 Å². The van der Waals surface area contributed by atoms with Crippen molar-refractivity contribution < 1.29 is 23.4 Å². The molecule has 0 spiro atoms. The van der Waals surface area contributed by atoms with Crippen molar-refractivity contribution in [1.82, 2.24) is 0 Å². The van der Waals surface area contributed by atoms with Gasteiger partial charge in [-0.2, -0.15) is 0 Å². The van der Waals surface area contributed by atoms with Gasteiger partial charge in [0.05, 0.1) is 65.9 Å². The fraction of sp³-hybridized carbons (Fsp3) is 1.00. The van der Waals surface area contributed by atoms with Crippen LogP contribution in [-0.2, 0) is 18.9 Å². The van der Waals surface area contributed by atoms with Gasteiger partial charge in [-0.25, -0.2) is 0 Å². The third-order valence-electron chi connectivity index (χ3n) is 4.19. The second kappa shape index (κ2) is 15.7. The molecule has 0 amide bonds. The Hall–Kier alpha value is -0.200. The molecule has 22 heavy (non-hydrogen) atoms. The maximum absolute atomic E-state index is 5.67. The minimum Gasteiger partial charge on any atom is -0.379 e. The van der Waals surface area contributed by atoms with Crippen LogP contribution in [0.25, 0.3) is 0 Å². The lowest BCUT2D eigenvalue weighted by Gasteiger charge is -2.35. The summed E-state index contributed by atoms with van der Waals surface area (Å²) in [5.41, 5.74) is 0. The SMILES string of the molecule is CCCOCCOCCOCCOCC[N+](CC)(CC)CC. The summed E-state index contributed by atoms with van der Waals surface area (Å²) >= 11 is 0. The van der Waals surface area contributed by atoms with Crippen LogP contribution >= 0.6 is 0 Å². The summed E-state index contributed by atoms with van der Waals surface area (Å²) in [4.78, 5) is 0. The van der Waals surface area contributed by atoms with Gasteiger partial charge in [0.25, 0.3) is 0 Å². The fourth-order valence-electron chi connectivity index (χ4n) is 2.31. The molecule has 0 radical (unpaired) electrons. The van der Waals surface area contributed by atoms with Crippen molar-refractivity contribution in [3.05, 3.63) is 0 Å². The average Bonchev–Trinajstić information content (AvgIpc) is 2.56. The zero-order chi connectivity index (χ0) is 16.5. The van der Waals surface area contributed by atoms with Crippen LogP contribution in [-0.4, -0.2) is 83.5 Å². The van der Waals surface area contributed by atoms with Gasteiger partial charge in [-0.15, -0.1) is 0 Å². The molecule has 0 aliphatic carbocycles. The molecular weight excluding hydrogens is 282 g/mol. The van der Waals surface area contributed by atoms with E-state index in [2.05, 4.69) is 27.7 Å². The third kappa shape index (κ3) is 11.4. The van der Waals surface area contributed by atoms with E-state index < -0.39 is 0 Å². The molecule has 0 heterocycles. The highest BCUT2D eigenvalue weighted by Gasteiger charge is 2.19. The normalized spacial score (nSPS) is 12.0. The van der Waals surface area contributed by atoms with Crippen LogP contribution in [0.4, 0.5) is 0 Å². The van der Waals surface area contributed by atoms with Crippen molar-refractivity contribution in [2.45, 2.75) is 34.1 Å². The summed E-state index contributed by atoms with van der Waals surface area (Å²) in [6.07, 6.45) is 1.05. The van der Waals surface area contributed by atoms with Gasteiger partial charge in [0.1, 0.15) is 6.54 Å². The van der Waals surface area contributed by atoms with E-state index in [0.29, 0.717) is 39.6 Å². The number of quaternary nitrogens is 1. The lowest BCUT2D eigenvalue weighted by Crippen LogP contribution is -2.49. The van der Waals surface area contributed by atoms with Gasteiger partial charge in [-0.1, -0.05) is 6.92 Å². The topological polar surface area (TPSA) is 36.9 Å². The quantitative estimate of drug-likeness (QED) is 0.304. The minimum absolute atomic E-state index is 0.621. The van der Waals surface area contributed by atoms with Crippen molar-refractivity contribution in [2.24, 2.45) is 0 Å². The Balaban J connectivity index is 3.27. The molecule has 0 aromatic carbocycles. The van der Waals surface area contributed by atoms with E-state index in [0.717, 1.165) is 30.7 Å². The first kappa shape index (κ1) is 21.8. The molecule has 0 aromatic heterocycles. The lowest BCUT2D eigenvalue weighted by molar-refractivity contribution is -0.923. The standard InChI is InChI=1S/C17H38NO4/c1-5-10-19-12-14-21-16-17-22-15-13-20-11-9-18(6-2,7-3)8-4/h5-17H2,1-4H3/q+1. The Morgan fingerprint density at radius 3 is 1.23 bits per heavy atom. The van der Waals surface area contributed by atoms with Crippen LogP contribution in [0.1, 0.15) is 34.1 Å². The molecule has 0 atom stereocenters. The molecule has 0 unspecified atom stereocenters. The van der Waals surface area contributed by atoms with Crippen LogP contribution in [0, 0.1) is 0 Å². The van der Waals surface area contributed by atoms with Gasteiger partial charge in [0.2, 0.25) is 0 Å². The van der Waals surface area contributed by atoms with E-state index in [9.17, 15) is 0 Å². The lowest BCUT2D eigenvalue weighted by atomic mass is 10.3. The highest BCUT2D eigenvalue weighted by atomic mass is 16.6. The second-order valence-corrected chi connectivity index (χ2v) is 5.46. The third-order valence-corrected chi connectivity index (χ3v) is 4.19. The molecule has 134 valence electrons. The maximum Gasteiger partial charge on any atom is 0.102 e. The van der Waals surface area contributed by atoms with Gasteiger partial charge >= 0.3 is 0 Å². The first-order chi connectivity index (χ1) is 10.7. The van der Waals surface area contributed by atoms with E-state index >= 15 is 0 Å². The number of ether oxygens (including phenoxy) is 4. The predicted molar refractivity (Wildman–Crippen MR) is 90.3 cm³/mol. The monoisotopic (exact) mass is 320 g/mol. The molecule has 0 aliphatic rings. The van der Waals surface area contributed by atoms with Crippen molar-refractivity contribution >= 4 is 0 Å². The van der Waals surface area contributed by atoms with Gasteiger partial charge in [-0.05, 0) is 27.2 Å². The Morgan fingerprint density at radius 2 is 0.864 bits per heavy atom. The first-order valence-corrected chi connectivity index (χ1v) is 8.90. The molecule has 0 aromatic rings. The number of likely N-dealkylation sites (N-methyl/N-ethyl adjacent to an activating group) is 1. The van der Waals surface area contributed by atoms with Crippen molar-refractivity contribution in [3.8, 4) is 0 Å². The molecule has 5 heteroatoms. The number of hydrogen-bond acceptors (Lipinski definition) is 4. The predicted octanol–water partition coefficient (Wildman–Crippen LogP) is 2.34. The zero-order valence-corrected chi connectivity index (χ0v) is 15.3. The minimum atomic E-state index is 0.621. The van der Waals surface area contributed by atoms with Crippen LogP contribution in [0.5, 0.6) is 0 Å². The van der Waals surface area contributed by atoms with Crippen molar-refractivity contribution in [3.63, 3.8) is 0 Å². The van der Waals surface area contributed by atoms with Crippen LogP contribution in [0.15, 0.2) is 0 Å². The summed E-state index contributed by atoms with van der Waals surface area (Å²) in [6, 6.07) is 0. The molecule has 0 N–H and O–H groups in total. The van der Waals surface area contributed by atoms with Gasteiger partial charge in [-0.3, -0.25) is 0 Å². The number of rotatable bonds is 17. The van der Waals surface area contributed by atoms with Gasteiger partial charge in [0, 0.05) is 6.61 Å². The van der Waals surface area contributed by atoms with Crippen LogP contribution in [0.3, 0.4) is 0 Å². The van der Waals surface area contributed by atoms with Crippen LogP contribution in [0.2, 0.25) is 0 Å². The second-order valence-electron chi connectivity index (χ2n) is 5.46. The summed E-state index contributed by atoms with van der Waals surface area (Å²) in [7, 11) is 0.